The number of nitrogens with zero attached hydrogens (tertiary/aromatic N) is 10. The van der Waals surface area contributed by atoms with Gasteiger partial charge in [0.1, 0.15) is 12.2 Å². The van der Waals surface area contributed by atoms with Crippen LogP contribution >= 0.6 is 0 Å². The van der Waals surface area contributed by atoms with E-state index in [9.17, 15) is 15.0 Å². The molecule has 4 atom stereocenters. The first-order valence-corrected chi connectivity index (χ1v) is 18.9. The summed E-state index contributed by atoms with van der Waals surface area (Å²) in [6.45, 7) is 8.31. The largest absolute Gasteiger partial charge is 0.387 e. The molecule has 1 aliphatic carbocycles. The number of nitrogens with one attached hydrogen (secondary N) is 1. The number of carbonyl (C=O) groups excluding carboxylic acids is 1. The van der Waals surface area contributed by atoms with E-state index in [4.69, 9.17) is 20.4 Å². The number of tetrazole rings is 1. The number of nitrogens with two attached hydrogens (primary N) is 1. The summed E-state index contributed by atoms with van der Waals surface area (Å²) in [7, 11) is 0. The van der Waals surface area contributed by atoms with Gasteiger partial charge in [-0.25, -0.2) is 19.7 Å². The van der Waals surface area contributed by atoms with E-state index in [1.165, 1.54) is 24.0 Å². The van der Waals surface area contributed by atoms with E-state index in [2.05, 4.69) is 68.7 Å². The van der Waals surface area contributed by atoms with Gasteiger partial charge in [-0.15, -0.1) is 10.2 Å². The molecule has 4 heterocycles. The number of aryl methyl sites for hydroxylation is 1. The van der Waals surface area contributed by atoms with E-state index in [0.29, 0.717) is 61.1 Å². The summed E-state index contributed by atoms with van der Waals surface area (Å²) in [6.07, 6.45) is 1.42. The molecular weight excluding hydrogens is 688 g/mol. The van der Waals surface area contributed by atoms with E-state index < -0.39 is 30.6 Å². The Bertz CT molecular complexity index is 1940. The first-order valence-electron chi connectivity index (χ1n) is 18.9. The molecular formula is C38H50N12O4. The molecule has 16 nitrogen and oxygen atoms in total. The van der Waals surface area contributed by atoms with Gasteiger partial charge < -0.3 is 30.9 Å². The maximum absolute atomic E-state index is 12.9. The molecule has 1 saturated carbocycles. The van der Waals surface area contributed by atoms with Gasteiger partial charge in [0, 0.05) is 37.6 Å². The van der Waals surface area contributed by atoms with Crippen LogP contribution in [-0.4, -0.2) is 110 Å². The van der Waals surface area contributed by atoms with Crippen molar-refractivity contribution in [2.45, 2.75) is 102 Å². The van der Waals surface area contributed by atoms with Crippen LogP contribution in [0.4, 0.5) is 10.6 Å². The predicted molar refractivity (Wildman–Crippen MR) is 201 cm³/mol. The van der Waals surface area contributed by atoms with Gasteiger partial charge in [-0.05, 0) is 50.0 Å². The number of rotatable bonds is 15. The number of primary amides is 1. The van der Waals surface area contributed by atoms with Gasteiger partial charge in [0.2, 0.25) is 5.82 Å². The first kappa shape index (κ1) is 37.3. The number of aliphatic hydroxyl groups is 2. The Kier molecular flexibility index (Phi) is 11.4. The Balaban J connectivity index is 1.22. The van der Waals surface area contributed by atoms with Gasteiger partial charge in [-0.2, -0.15) is 4.80 Å². The molecule has 0 radical (unpaired) electrons. The lowest BCUT2D eigenvalue weighted by Crippen LogP contribution is -2.46. The quantitative estimate of drug-likeness (QED) is 0.122. The molecule has 16 heteroatoms. The number of aromatic nitrogens is 8. The maximum atomic E-state index is 12.9. The van der Waals surface area contributed by atoms with Gasteiger partial charge in [-0.3, -0.25) is 9.47 Å². The first-order chi connectivity index (χ1) is 26.2. The normalized spacial score (nSPS) is 20.5. The molecule has 54 heavy (non-hydrogen) atoms. The molecule has 1 aliphatic heterocycles. The van der Waals surface area contributed by atoms with Crippen LogP contribution in [0, 0.1) is 0 Å². The number of carbonyl (C=O) groups is 1. The molecule has 5 aromatic rings. The molecule has 3 aromatic heterocycles. The summed E-state index contributed by atoms with van der Waals surface area (Å²) < 4.78 is 7.78. The van der Waals surface area contributed by atoms with Gasteiger partial charge in [0.15, 0.2) is 35.1 Å². The fraction of sp³-hybridized carbons (Fsp3) is 0.500. The number of hydrogen-bond donors (Lipinski definition) is 4. The average molecular weight is 739 g/mol. The van der Waals surface area contributed by atoms with E-state index in [1.54, 1.807) is 9.47 Å². The number of aliphatic hydroxyl groups excluding tert-OH is 2. The molecule has 7 rings (SSSR count). The lowest BCUT2D eigenvalue weighted by atomic mass is 9.91. The molecule has 2 fully saturated rings. The Morgan fingerprint density at radius 2 is 1.69 bits per heavy atom. The van der Waals surface area contributed by atoms with Crippen LogP contribution in [0.1, 0.15) is 87.5 Å². The van der Waals surface area contributed by atoms with E-state index in [-0.39, 0.29) is 18.3 Å². The molecule has 2 aliphatic rings. The molecule has 286 valence electrons. The second-order valence-electron chi connectivity index (χ2n) is 14.4. The molecule has 2 amide bonds. The summed E-state index contributed by atoms with van der Waals surface area (Å²) in [5.74, 6) is 0.908. The summed E-state index contributed by atoms with van der Waals surface area (Å²) in [4.78, 5) is 32.8. The number of fused-ring (bicyclic) bond motifs is 1. The number of benzene rings is 2. The van der Waals surface area contributed by atoms with Crippen molar-refractivity contribution in [3.05, 3.63) is 89.8 Å². The van der Waals surface area contributed by atoms with E-state index in [0.717, 1.165) is 24.0 Å². The van der Waals surface area contributed by atoms with Crippen LogP contribution in [0.2, 0.25) is 0 Å². The van der Waals surface area contributed by atoms with Gasteiger partial charge in [0.05, 0.1) is 19.4 Å². The lowest BCUT2D eigenvalue weighted by Gasteiger charge is -2.34. The third-order valence-electron chi connectivity index (χ3n) is 10.6. The number of hydrogen-bond acceptors (Lipinski definition) is 12. The van der Waals surface area contributed by atoms with Crippen molar-refractivity contribution in [2.75, 3.05) is 25.0 Å². The van der Waals surface area contributed by atoms with E-state index >= 15 is 0 Å². The van der Waals surface area contributed by atoms with Crippen LogP contribution in [0.25, 0.3) is 11.2 Å². The molecule has 2 aromatic carbocycles. The van der Waals surface area contributed by atoms with E-state index in [1.807, 2.05) is 43.3 Å². The predicted octanol–water partition coefficient (Wildman–Crippen LogP) is 3.60. The summed E-state index contributed by atoms with van der Waals surface area (Å²) in [6, 6.07) is 20.7. The standard InChI is InChI=1S/C38H50N12O4/c1-4-50-45-35(44-46-50)33-31(51)32(52)37(54-33)49-23-41-30-34(40-21-28(25-13-7-5-8-14-25)26-15-9-6-10-16-26)42-29(43-36(30)49)22-47(38(39)53)19-20-48(24(2)3)27-17-11-12-18-27/h5-10,13-16,23-24,27-28,31-33,37,51-52H,4,11-12,17-22H2,1-3H3,(H2,39,53)(H,40,42,43)/t31-,32-,33-,37+/m0/s1. The number of imidazole rings is 1. The zero-order chi connectivity index (χ0) is 37.8. The zero-order valence-corrected chi connectivity index (χ0v) is 31.0. The molecule has 1 saturated heterocycles. The third kappa shape index (κ3) is 7.92. The minimum absolute atomic E-state index is 0.0254. The van der Waals surface area contributed by atoms with Crippen molar-refractivity contribution in [3.8, 4) is 0 Å². The van der Waals surface area contributed by atoms with Crippen LogP contribution in [0.15, 0.2) is 67.0 Å². The Morgan fingerprint density at radius 1 is 1.00 bits per heavy atom. The van der Waals surface area contributed by atoms with Gasteiger partial charge in [-0.1, -0.05) is 73.5 Å². The van der Waals surface area contributed by atoms with Crippen molar-refractivity contribution < 1.29 is 19.7 Å². The monoisotopic (exact) mass is 738 g/mol. The SMILES string of the molecule is CCn1nnc([C@H]2O[C@@H](n3cnc4c(NCC(c5ccccc5)c5ccccc5)nc(CN(CCN(C(C)C)C5CCCC5)C(N)=O)nc43)[C@@H](O)[C@@H]2O)n1. The highest BCUT2D eigenvalue weighted by Crippen LogP contribution is 2.39. The number of amides is 2. The average Bonchev–Trinajstić information content (AvgIpc) is 4.01. The van der Waals surface area contributed by atoms with Crippen molar-refractivity contribution in [1.82, 2.24) is 49.5 Å². The fourth-order valence-electron chi connectivity index (χ4n) is 7.72. The minimum Gasteiger partial charge on any atom is -0.387 e. The Hall–Kier alpha value is -5.03. The Labute approximate surface area is 314 Å². The molecule has 5 N–H and O–H groups in total. The topological polar surface area (TPSA) is 198 Å². The van der Waals surface area contributed by atoms with Crippen LogP contribution in [-0.2, 0) is 17.8 Å². The lowest BCUT2D eigenvalue weighted by molar-refractivity contribution is -0.0384. The third-order valence-corrected chi connectivity index (χ3v) is 10.6. The van der Waals surface area contributed by atoms with Crippen molar-refractivity contribution >= 4 is 23.0 Å². The second kappa shape index (κ2) is 16.5. The highest BCUT2D eigenvalue weighted by Gasteiger charge is 2.47. The summed E-state index contributed by atoms with van der Waals surface area (Å²) in [5, 5.41) is 38.2. The minimum atomic E-state index is -1.36. The summed E-state index contributed by atoms with van der Waals surface area (Å²) in [5.41, 5.74) is 9.01. The number of anilines is 1. The molecule has 0 bridgehead atoms. The van der Waals surface area contributed by atoms with Gasteiger partial charge >= 0.3 is 6.03 Å². The number of ether oxygens (including phenoxy) is 1. The van der Waals surface area contributed by atoms with Gasteiger partial charge in [0.25, 0.3) is 0 Å². The second-order valence-corrected chi connectivity index (χ2v) is 14.4. The van der Waals surface area contributed by atoms with Crippen LogP contribution in [0.5, 0.6) is 0 Å². The highest BCUT2D eigenvalue weighted by atomic mass is 16.6. The van der Waals surface area contributed by atoms with Crippen LogP contribution < -0.4 is 11.1 Å². The van der Waals surface area contributed by atoms with Crippen molar-refractivity contribution in [1.29, 1.82) is 0 Å². The molecule has 0 spiro atoms. The maximum Gasteiger partial charge on any atom is 0.315 e. The summed E-state index contributed by atoms with van der Waals surface area (Å²) >= 11 is 0. The highest BCUT2D eigenvalue weighted by molar-refractivity contribution is 5.83. The van der Waals surface area contributed by atoms with Crippen LogP contribution in [0.3, 0.4) is 0 Å². The number of urea groups is 1. The smallest absolute Gasteiger partial charge is 0.315 e. The van der Waals surface area contributed by atoms with Crippen molar-refractivity contribution in [3.63, 3.8) is 0 Å². The Morgan fingerprint density at radius 3 is 2.30 bits per heavy atom. The van der Waals surface area contributed by atoms with Crippen molar-refractivity contribution in [2.24, 2.45) is 5.73 Å². The zero-order valence-electron chi connectivity index (χ0n) is 31.0. The fourth-order valence-corrected chi connectivity index (χ4v) is 7.72. The molecule has 0 unspecified atom stereocenters.